The second-order valence-corrected chi connectivity index (χ2v) is 8.28. The van der Waals surface area contributed by atoms with Crippen LogP contribution in [0.5, 0.6) is 0 Å². The van der Waals surface area contributed by atoms with Crippen LogP contribution in [0.4, 0.5) is 0 Å². The maximum atomic E-state index is 12.6. The summed E-state index contributed by atoms with van der Waals surface area (Å²) < 4.78 is 0. The third-order valence-corrected chi connectivity index (χ3v) is 6.49. The second-order valence-electron chi connectivity index (χ2n) is 6.07. The van der Waals surface area contributed by atoms with Gasteiger partial charge in [0.15, 0.2) is 0 Å². The highest BCUT2D eigenvalue weighted by Gasteiger charge is 2.56. The number of carboxylic acid groups (broad SMARTS) is 1. The minimum absolute atomic E-state index is 0.0188. The highest BCUT2D eigenvalue weighted by atomic mass is 32.2. The van der Waals surface area contributed by atoms with E-state index in [-0.39, 0.29) is 34.7 Å². The van der Waals surface area contributed by atoms with Crippen LogP contribution in [0.1, 0.15) is 31.6 Å². The van der Waals surface area contributed by atoms with E-state index in [0.717, 1.165) is 4.88 Å². The number of rotatable bonds is 4. The number of hydrogen-bond acceptors (Lipinski definition) is 5. The van der Waals surface area contributed by atoms with E-state index in [4.69, 9.17) is 0 Å². The van der Waals surface area contributed by atoms with Gasteiger partial charge in [0, 0.05) is 11.8 Å². The van der Waals surface area contributed by atoms with E-state index in [1.54, 1.807) is 0 Å². The molecule has 2 amide bonds. The summed E-state index contributed by atoms with van der Waals surface area (Å²) in [6, 6.07) is 3.77. The summed E-state index contributed by atoms with van der Waals surface area (Å²) in [5.74, 6) is -1.99. The fourth-order valence-corrected chi connectivity index (χ4v) is 5.87. The zero-order valence-corrected chi connectivity index (χ0v) is 15.1. The van der Waals surface area contributed by atoms with Crippen molar-refractivity contribution in [1.29, 1.82) is 0 Å². The SMILES string of the molecule is CC(=O)NC1S[C@@H]2C(c3cccs3)C(=O)N2C(C(=O)O)=C1C(C)C. The maximum Gasteiger partial charge on any atom is 0.352 e. The molecule has 3 atom stereocenters. The van der Waals surface area contributed by atoms with Gasteiger partial charge < -0.3 is 10.4 Å². The second kappa shape index (κ2) is 6.25. The molecule has 1 fully saturated rings. The molecule has 0 saturated carbocycles. The van der Waals surface area contributed by atoms with Gasteiger partial charge in [0.2, 0.25) is 11.8 Å². The Balaban J connectivity index is 2.05. The van der Waals surface area contributed by atoms with E-state index in [0.29, 0.717) is 5.57 Å². The number of aliphatic carboxylic acids is 1. The van der Waals surface area contributed by atoms with Gasteiger partial charge in [-0.2, -0.15) is 0 Å². The smallest absolute Gasteiger partial charge is 0.352 e. The first-order valence-electron chi connectivity index (χ1n) is 7.59. The molecule has 2 unspecified atom stereocenters. The van der Waals surface area contributed by atoms with Gasteiger partial charge >= 0.3 is 5.97 Å². The predicted molar refractivity (Wildman–Crippen MR) is 92.4 cm³/mol. The number of nitrogens with zero attached hydrogens (tertiary/aromatic N) is 1. The lowest BCUT2D eigenvalue weighted by molar-refractivity contribution is -0.148. The van der Waals surface area contributed by atoms with Crippen molar-refractivity contribution in [3.05, 3.63) is 33.7 Å². The Hall–Kier alpha value is -1.80. The van der Waals surface area contributed by atoms with E-state index in [9.17, 15) is 19.5 Å². The number of amides is 2. The first-order chi connectivity index (χ1) is 11.3. The minimum Gasteiger partial charge on any atom is -0.477 e. The van der Waals surface area contributed by atoms with E-state index >= 15 is 0 Å². The summed E-state index contributed by atoms with van der Waals surface area (Å²) in [4.78, 5) is 38.4. The van der Waals surface area contributed by atoms with Crippen LogP contribution in [-0.4, -0.2) is 38.5 Å². The Bertz CT molecular complexity index is 726. The van der Waals surface area contributed by atoms with Crippen LogP contribution in [0.2, 0.25) is 0 Å². The number of thioether (sulfide) groups is 1. The molecule has 1 aromatic heterocycles. The van der Waals surface area contributed by atoms with Crippen molar-refractivity contribution in [2.75, 3.05) is 0 Å². The number of carbonyl (C=O) groups is 3. The quantitative estimate of drug-likeness (QED) is 0.798. The largest absolute Gasteiger partial charge is 0.477 e. The molecular formula is C16H18N2O4S2. The van der Waals surface area contributed by atoms with Gasteiger partial charge in [0.1, 0.15) is 22.4 Å². The van der Waals surface area contributed by atoms with Gasteiger partial charge in [-0.15, -0.1) is 23.1 Å². The van der Waals surface area contributed by atoms with Gasteiger partial charge in [-0.05, 0) is 22.9 Å². The molecule has 0 bridgehead atoms. The number of β-lactam (4-membered cyclic amide) rings is 1. The summed E-state index contributed by atoms with van der Waals surface area (Å²) in [5.41, 5.74) is 0.599. The normalized spacial score (nSPS) is 26.2. The number of carbonyl (C=O) groups excluding carboxylic acids is 2. The lowest BCUT2D eigenvalue weighted by Gasteiger charge is -2.51. The van der Waals surface area contributed by atoms with Gasteiger partial charge in [-0.3, -0.25) is 14.5 Å². The summed E-state index contributed by atoms with van der Waals surface area (Å²) in [7, 11) is 0. The molecule has 0 aliphatic carbocycles. The third kappa shape index (κ3) is 2.63. The number of carboxylic acids is 1. The standard InChI is InChI=1S/C16H18N2O4S2/c1-7(2)10-12(16(21)22)18-14(20)11(9-5-4-6-23-9)15(18)24-13(10)17-8(3)19/h4-7,11,13,15H,1-3H3,(H,17,19)(H,21,22)/t11?,13?,15-/m1/s1. The Morgan fingerprint density at radius 1 is 1.38 bits per heavy atom. The molecule has 2 aliphatic rings. The summed E-state index contributed by atoms with van der Waals surface area (Å²) >= 11 is 2.92. The molecule has 0 radical (unpaired) electrons. The summed E-state index contributed by atoms with van der Waals surface area (Å²) in [6.45, 7) is 5.15. The molecule has 0 aromatic carbocycles. The number of thiophene rings is 1. The van der Waals surface area contributed by atoms with Gasteiger partial charge in [0.25, 0.3) is 0 Å². The molecule has 24 heavy (non-hydrogen) atoms. The fraction of sp³-hybridized carbons (Fsp3) is 0.438. The molecule has 2 aliphatic heterocycles. The molecule has 1 saturated heterocycles. The molecule has 3 rings (SSSR count). The Morgan fingerprint density at radius 2 is 2.08 bits per heavy atom. The van der Waals surface area contributed by atoms with E-state index in [2.05, 4.69) is 5.32 Å². The molecule has 2 N–H and O–H groups in total. The minimum atomic E-state index is -1.13. The molecule has 8 heteroatoms. The zero-order valence-electron chi connectivity index (χ0n) is 13.5. The fourth-order valence-electron chi connectivity index (χ4n) is 3.15. The van der Waals surface area contributed by atoms with E-state index in [1.165, 1.54) is 34.9 Å². The van der Waals surface area contributed by atoms with Crippen molar-refractivity contribution >= 4 is 40.9 Å². The van der Waals surface area contributed by atoms with Crippen molar-refractivity contribution in [3.8, 4) is 0 Å². The molecule has 3 heterocycles. The number of nitrogens with one attached hydrogen (secondary N) is 1. The first-order valence-corrected chi connectivity index (χ1v) is 9.41. The molecule has 0 spiro atoms. The third-order valence-electron chi connectivity index (χ3n) is 4.12. The average molecular weight is 366 g/mol. The molecule has 6 nitrogen and oxygen atoms in total. The van der Waals surface area contributed by atoms with E-state index in [1.807, 2.05) is 31.4 Å². The lowest BCUT2D eigenvalue weighted by atomic mass is 9.91. The monoisotopic (exact) mass is 366 g/mol. The van der Waals surface area contributed by atoms with Crippen molar-refractivity contribution in [2.45, 2.75) is 37.4 Å². The van der Waals surface area contributed by atoms with Gasteiger partial charge in [0.05, 0.1) is 0 Å². The molecule has 1 aromatic rings. The summed E-state index contributed by atoms with van der Waals surface area (Å²) in [6.07, 6.45) is 0. The number of hydrogen-bond donors (Lipinski definition) is 2. The van der Waals surface area contributed by atoms with E-state index < -0.39 is 11.3 Å². The van der Waals surface area contributed by atoms with Crippen LogP contribution in [0.25, 0.3) is 0 Å². The molecular weight excluding hydrogens is 348 g/mol. The topological polar surface area (TPSA) is 86.7 Å². The number of fused-ring (bicyclic) bond motifs is 1. The van der Waals surface area contributed by atoms with Crippen LogP contribution in [0.3, 0.4) is 0 Å². The lowest BCUT2D eigenvalue weighted by Crippen LogP contribution is -2.62. The van der Waals surface area contributed by atoms with Crippen LogP contribution in [0, 0.1) is 5.92 Å². The molecule has 128 valence electrons. The summed E-state index contributed by atoms with van der Waals surface area (Å²) in [5, 5.41) is 13.7. The van der Waals surface area contributed by atoms with Crippen LogP contribution < -0.4 is 5.32 Å². The first kappa shape index (κ1) is 17.0. The van der Waals surface area contributed by atoms with Gasteiger partial charge in [-0.1, -0.05) is 19.9 Å². The van der Waals surface area contributed by atoms with Gasteiger partial charge in [-0.25, -0.2) is 4.79 Å². The van der Waals surface area contributed by atoms with Crippen molar-refractivity contribution in [3.63, 3.8) is 0 Å². The highest BCUT2D eigenvalue weighted by Crippen LogP contribution is 2.52. The highest BCUT2D eigenvalue weighted by molar-refractivity contribution is 8.00. The Labute approximate surface area is 147 Å². The van der Waals surface area contributed by atoms with Crippen LogP contribution >= 0.6 is 23.1 Å². The van der Waals surface area contributed by atoms with Crippen molar-refractivity contribution in [1.82, 2.24) is 10.2 Å². The zero-order chi connectivity index (χ0) is 17.6. The Morgan fingerprint density at radius 3 is 2.58 bits per heavy atom. The predicted octanol–water partition coefficient (Wildman–Crippen LogP) is 2.20. The Kier molecular flexibility index (Phi) is 4.44. The van der Waals surface area contributed by atoms with Crippen molar-refractivity contribution in [2.24, 2.45) is 5.92 Å². The van der Waals surface area contributed by atoms with Crippen LogP contribution in [0.15, 0.2) is 28.8 Å². The average Bonchev–Trinajstić information content (AvgIpc) is 2.98. The maximum absolute atomic E-state index is 12.6. The van der Waals surface area contributed by atoms with Crippen LogP contribution in [-0.2, 0) is 14.4 Å². The van der Waals surface area contributed by atoms with Crippen molar-refractivity contribution < 1.29 is 19.5 Å².